The van der Waals surface area contributed by atoms with E-state index >= 15 is 0 Å². The first kappa shape index (κ1) is 21.8. The highest BCUT2D eigenvalue weighted by Crippen LogP contribution is 2.29. The molecule has 0 radical (unpaired) electrons. The normalized spacial score (nSPS) is 12.3. The van der Waals surface area contributed by atoms with Gasteiger partial charge in [0, 0.05) is 0 Å². The van der Waals surface area contributed by atoms with Crippen molar-refractivity contribution in [2.24, 2.45) is 0 Å². The van der Waals surface area contributed by atoms with Crippen molar-refractivity contribution in [3.8, 4) is 5.75 Å². The number of hydrogen-bond acceptors (Lipinski definition) is 4. The number of sulfonamides is 1. The van der Waals surface area contributed by atoms with Gasteiger partial charge in [-0.2, -0.15) is 0 Å². The van der Waals surface area contributed by atoms with Gasteiger partial charge in [-0.05, 0) is 43.5 Å². The highest BCUT2D eigenvalue weighted by molar-refractivity contribution is 7.92. The first-order chi connectivity index (χ1) is 13.3. The Morgan fingerprint density at radius 3 is 2.32 bits per heavy atom. The van der Waals surface area contributed by atoms with Gasteiger partial charge in [-0.15, -0.1) is 0 Å². The molecule has 0 aromatic heterocycles. The summed E-state index contributed by atoms with van der Waals surface area (Å²) >= 11 is 0. The van der Waals surface area contributed by atoms with E-state index in [9.17, 15) is 13.2 Å². The number of nitrogens with one attached hydrogen (secondary N) is 1. The second-order valence-electron chi connectivity index (χ2n) is 6.55. The van der Waals surface area contributed by atoms with Crippen molar-refractivity contribution < 1.29 is 17.9 Å². The van der Waals surface area contributed by atoms with Crippen molar-refractivity contribution in [3.05, 3.63) is 59.7 Å². The van der Waals surface area contributed by atoms with Gasteiger partial charge in [0.05, 0.1) is 24.6 Å². The molecular weight excluding hydrogens is 376 g/mol. The molecule has 7 heteroatoms. The molecule has 0 heterocycles. The Labute approximate surface area is 167 Å². The second kappa shape index (κ2) is 9.59. The first-order valence-corrected chi connectivity index (χ1v) is 11.2. The number of nitrogens with zero attached hydrogens (tertiary/aromatic N) is 1. The third-order valence-corrected chi connectivity index (χ3v) is 5.51. The molecule has 0 saturated carbocycles. The van der Waals surface area contributed by atoms with Crippen LogP contribution in [0.2, 0.25) is 0 Å². The zero-order valence-electron chi connectivity index (χ0n) is 16.8. The number of carbonyl (C=O) groups excluding carboxylic acids is 1. The molecule has 0 spiro atoms. The Bertz CT molecular complexity index is 895. The summed E-state index contributed by atoms with van der Waals surface area (Å²) in [5, 5.41) is 2.87. The van der Waals surface area contributed by atoms with Gasteiger partial charge in [0.2, 0.25) is 15.9 Å². The average Bonchev–Trinajstić information content (AvgIpc) is 2.66. The summed E-state index contributed by atoms with van der Waals surface area (Å²) in [4.78, 5) is 12.6. The minimum atomic E-state index is -3.67. The van der Waals surface area contributed by atoms with Crippen LogP contribution in [0.5, 0.6) is 5.75 Å². The maximum atomic E-state index is 12.6. The minimum absolute atomic E-state index is 0.234. The van der Waals surface area contributed by atoms with E-state index in [1.54, 1.807) is 24.3 Å². The quantitative estimate of drug-likeness (QED) is 0.696. The van der Waals surface area contributed by atoms with Crippen LogP contribution in [0.1, 0.15) is 37.9 Å². The summed E-state index contributed by atoms with van der Waals surface area (Å²) < 4.78 is 31.3. The molecule has 28 heavy (non-hydrogen) atoms. The summed E-state index contributed by atoms with van der Waals surface area (Å²) in [6.07, 6.45) is 2.03. The van der Waals surface area contributed by atoms with Gasteiger partial charge in [-0.1, -0.05) is 43.3 Å². The van der Waals surface area contributed by atoms with E-state index < -0.39 is 10.0 Å². The van der Waals surface area contributed by atoms with Crippen LogP contribution < -0.4 is 14.4 Å². The van der Waals surface area contributed by atoms with Crippen molar-refractivity contribution in [3.63, 3.8) is 0 Å². The summed E-state index contributed by atoms with van der Waals surface area (Å²) in [5.41, 5.74) is 2.53. The number of rotatable bonds is 9. The van der Waals surface area contributed by atoms with Gasteiger partial charge >= 0.3 is 0 Å². The van der Waals surface area contributed by atoms with Crippen LogP contribution in [0.15, 0.2) is 48.5 Å². The third kappa shape index (κ3) is 5.73. The van der Waals surface area contributed by atoms with Crippen LogP contribution in [-0.2, 0) is 21.2 Å². The van der Waals surface area contributed by atoms with E-state index in [2.05, 4.69) is 12.2 Å². The van der Waals surface area contributed by atoms with Gasteiger partial charge in [-0.25, -0.2) is 8.42 Å². The molecule has 0 saturated heterocycles. The number of ether oxygens (including phenoxy) is 1. The van der Waals surface area contributed by atoms with Crippen molar-refractivity contribution in [2.75, 3.05) is 23.7 Å². The molecule has 1 amide bonds. The molecule has 2 aromatic rings. The summed E-state index contributed by atoms with van der Waals surface area (Å²) in [6, 6.07) is 14.6. The SMILES string of the molecule is CCOc1ccccc1N(CC(=O)NC(C)c1ccc(CC)cc1)S(C)(=O)=O. The molecule has 0 fully saturated rings. The van der Waals surface area contributed by atoms with Crippen molar-refractivity contribution in [1.29, 1.82) is 0 Å². The number of aryl methyl sites for hydroxylation is 1. The Hall–Kier alpha value is -2.54. The minimum Gasteiger partial charge on any atom is -0.492 e. The van der Waals surface area contributed by atoms with E-state index in [1.165, 1.54) is 5.56 Å². The molecule has 0 aliphatic rings. The summed E-state index contributed by atoms with van der Waals surface area (Å²) in [6.45, 7) is 5.85. The zero-order valence-corrected chi connectivity index (χ0v) is 17.6. The molecule has 2 aromatic carbocycles. The number of amides is 1. The van der Waals surface area contributed by atoms with E-state index in [1.807, 2.05) is 38.1 Å². The molecule has 1 atom stereocenters. The monoisotopic (exact) mass is 404 g/mol. The van der Waals surface area contributed by atoms with Crippen LogP contribution in [0.3, 0.4) is 0 Å². The highest BCUT2D eigenvalue weighted by atomic mass is 32.2. The van der Waals surface area contributed by atoms with Crippen LogP contribution in [0.25, 0.3) is 0 Å². The lowest BCUT2D eigenvalue weighted by Crippen LogP contribution is -2.41. The van der Waals surface area contributed by atoms with Crippen molar-refractivity contribution >= 4 is 21.6 Å². The van der Waals surface area contributed by atoms with Crippen LogP contribution in [-0.4, -0.2) is 33.7 Å². The van der Waals surface area contributed by atoms with Gasteiger partial charge in [0.15, 0.2) is 0 Å². The fourth-order valence-electron chi connectivity index (χ4n) is 2.86. The second-order valence-corrected chi connectivity index (χ2v) is 8.46. The molecule has 0 aliphatic heterocycles. The largest absolute Gasteiger partial charge is 0.492 e. The van der Waals surface area contributed by atoms with Crippen molar-refractivity contribution in [1.82, 2.24) is 5.32 Å². The Balaban J connectivity index is 2.17. The van der Waals surface area contributed by atoms with Gasteiger partial charge < -0.3 is 10.1 Å². The fourth-order valence-corrected chi connectivity index (χ4v) is 3.72. The predicted molar refractivity (Wildman–Crippen MR) is 112 cm³/mol. The average molecular weight is 405 g/mol. The molecule has 6 nitrogen and oxygen atoms in total. The molecule has 0 bridgehead atoms. The molecule has 1 unspecified atom stereocenters. The molecule has 1 N–H and O–H groups in total. The smallest absolute Gasteiger partial charge is 0.241 e. The molecule has 152 valence electrons. The number of para-hydroxylation sites is 2. The molecular formula is C21H28N2O4S. The van der Waals surface area contributed by atoms with Gasteiger partial charge in [0.25, 0.3) is 0 Å². The Kier molecular flexibility index (Phi) is 7.45. The zero-order chi connectivity index (χ0) is 20.7. The number of carbonyl (C=O) groups is 1. The van der Waals surface area contributed by atoms with Gasteiger partial charge in [0.1, 0.15) is 12.3 Å². The van der Waals surface area contributed by atoms with Crippen LogP contribution in [0.4, 0.5) is 5.69 Å². The Morgan fingerprint density at radius 1 is 1.11 bits per heavy atom. The molecule has 0 aliphatic carbocycles. The lowest BCUT2D eigenvalue weighted by molar-refractivity contribution is -0.120. The van der Waals surface area contributed by atoms with E-state index in [4.69, 9.17) is 4.74 Å². The Morgan fingerprint density at radius 2 is 1.75 bits per heavy atom. The standard InChI is InChI=1S/C21H28N2O4S/c1-5-17-11-13-18(14-12-17)16(3)22-21(24)15-23(28(4,25)26)19-9-7-8-10-20(19)27-6-2/h7-14,16H,5-6,15H2,1-4H3,(H,22,24). The van der Waals surface area contributed by atoms with Crippen LogP contribution in [0, 0.1) is 0 Å². The highest BCUT2D eigenvalue weighted by Gasteiger charge is 2.24. The lowest BCUT2D eigenvalue weighted by Gasteiger charge is -2.25. The van der Waals surface area contributed by atoms with Crippen LogP contribution >= 0.6 is 0 Å². The van der Waals surface area contributed by atoms with Gasteiger partial charge in [-0.3, -0.25) is 9.10 Å². The third-order valence-electron chi connectivity index (χ3n) is 4.39. The number of anilines is 1. The van der Waals surface area contributed by atoms with Crippen molar-refractivity contribution in [2.45, 2.75) is 33.2 Å². The number of hydrogen-bond donors (Lipinski definition) is 1. The summed E-state index contributed by atoms with van der Waals surface area (Å²) in [7, 11) is -3.67. The van der Waals surface area contributed by atoms with E-state index in [0.717, 1.165) is 22.5 Å². The van der Waals surface area contributed by atoms with E-state index in [0.29, 0.717) is 18.0 Å². The first-order valence-electron chi connectivity index (χ1n) is 9.34. The van der Waals surface area contributed by atoms with E-state index in [-0.39, 0.29) is 18.5 Å². The summed E-state index contributed by atoms with van der Waals surface area (Å²) in [5.74, 6) is 0.0372. The topological polar surface area (TPSA) is 75.7 Å². The molecule has 2 rings (SSSR count). The maximum Gasteiger partial charge on any atom is 0.241 e. The number of benzene rings is 2. The lowest BCUT2D eigenvalue weighted by atomic mass is 10.1. The maximum absolute atomic E-state index is 12.6. The fraction of sp³-hybridized carbons (Fsp3) is 0.381. The predicted octanol–water partition coefficient (Wildman–Crippen LogP) is 3.29.